The van der Waals surface area contributed by atoms with E-state index in [2.05, 4.69) is 0 Å². The van der Waals surface area contributed by atoms with Crippen molar-refractivity contribution < 1.29 is 18.8 Å². The lowest BCUT2D eigenvalue weighted by Gasteiger charge is -2.30. The van der Waals surface area contributed by atoms with Crippen molar-refractivity contribution in [3.8, 4) is 5.75 Å². The summed E-state index contributed by atoms with van der Waals surface area (Å²) in [6.07, 6.45) is 1.55. The Morgan fingerprint density at radius 3 is 2.47 bits per heavy atom. The lowest BCUT2D eigenvalue weighted by molar-refractivity contribution is -0.384. The molecule has 6 nitrogen and oxygen atoms in total. The summed E-state index contributed by atoms with van der Waals surface area (Å²) in [7, 11) is 0. The average molecular weight is 447 g/mol. The third kappa shape index (κ3) is 4.85. The smallest absolute Gasteiger partial charge is 0.270 e. The SMILES string of the molecule is CC(C)(C)N1C(=O)/C(=C\c2cc([N+](=O)[O-])ccc2OCc2ccc(F)cc2)SC1=S. The van der Waals surface area contributed by atoms with Gasteiger partial charge in [-0.1, -0.05) is 36.1 Å². The Morgan fingerprint density at radius 2 is 1.90 bits per heavy atom. The second-order valence-corrected chi connectivity index (χ2v) is 9.26. The van der Waals surface area contributed by atoms with Crippen LogP contribution in [0.25, 0.3) is 6.08 Å². The number of benzene rings is 2. The summed E-state index contributed by atoms with van der Waals surface area (Å²) >= 11 is 6.49. The van der Waals surface area contributed by atoms with Crippen LogP contribution in [0.3, 0.4) is 0 Å². The number of thioether (sulfide) groups is 1. The molecule has 0 aliphatic carbocycles. The molecule has 0 atom stereocenters. The molecule has 1 heterocycles. The number of hydrogen-bond acceptors (Lipinski definition) is 6. The number of hydrogen-bond donors (Lipinski definition) is 0. The number of carbonyl (C=O) groups excluding carboxylic acids is 1. The summed E-state index contributed by atoms with van der Waals surface area (Å²) in [5, 5.41) is 11.2. The minimum Gasteiger partial charge on any atom is -0.488 e. The molecule has 1 aliphatic rings. The van der Waals surface area contributed by atoms with Crippen molar-refractivity contribution in [3.63, 3.8) is 0 Å². The van der Waals surface area contributed by atoms with Crippen molar-refractivity contribution in [2.75, 3.05) is 0 Å². The van der Waals surface area contributed by atoms with Crippen molar-refractivity contribution in [2.45, 2.75) is 32.9 Å². The van der Waals surface area contributed by atoms with Crippen molar-refractivity contribution in [1.82, 2.24) is 4.90 Å². The Bertz CT molecular complexity index is 1050. The molecular weight excluding hydrogens is 427 g/mol. The number of nitro groups is 1. The fourth-order valence-corrected chi connectivity index (χ4v) is 4.45. The molecule has 156 valence electrons. The third-order valence-corrected chi connectivity index (χ3v) is 5.57. The normalized spacial score (nSPS) is 15.7. The molecule has 9 heteroatoms. The first-order valence-electron chi connectivity index (χ1n) is 9.00. The highest BCUT2D eigenvalue weighted by Crippen LogP contribution is 2.38. The van der Waals surface area contributed by atoms with Gasteiger partial charge in [-0.2, -0.15) is 0 Å². The molecule has 1 saturated heterocycles. The summed E-state index contributed by atoms with van der Waals surface area (Å²) < 4.78 is 19.3. The van der Waals surface area contributed by atoms with E-state index < -0.39 is 10.5 Å². The Hall–Kier alpha value is -2.78. The first-order valence-corrected chi connectivity index (χ1v) is 10.2. The first kappa shape index (κ1) is 21.9. The van der Waals surface area contributed by atoms with Gasteiger partial charge in [-0.05, 0) is 50.6 Å². The molecule has 2 aromatic carbocycles. The number of carbonyl (C=O) groups is 1. The quantitative estimate of drug-likeness (QED) is 0.268. The van der Waals surface area contributed by atoms with Gasteiger partial charge in [-0.3, -0.25) is 19.8 Å². The van der Waals surface area contributed by atoms with Gasteiger partial charge in [0.15, 0.2) is 0 Å². The zero-order chi connectivity index (χ0) is 22.1. The molecule has 0 saturated carbocycles. The highest BCUT2D eigenvalue weighted by molar-refractivity contribution is 8.26. The van der Waals surface area contributed by atoms with Gasteiger partial charge in [-0.15, -0.1) is 0 Å². The predicted molar refractivity (Wildman–Crippen MR) is 119 cm³/mol. The summed E-state index contributed by atoms with van der Waals surface area (Å²) in [6, 6.07) is 10.0. The van der Waals surface area contributed by atoms with Crippen LogP contribution >= 0.6 is 24.0 Å². The monoisotopic (exact) mass is 446 g/mol. The number of nitro benzene ring substituents is 1. The molecule has 30 heavy (non-hydrogen) atoms. The molecule has 1 amide bonds. The topological polar surface area (TPSA) is 72.7 Å². The minimum atomic E-state index is -0.512. The molecule has 1 fully saturated rings. The maximum Gasteiger partial charge on any atom is 0.270 e. The standard InChI is InChI=1S/C21H19FN2O4S2/c1-21(2,3)23-19(25)18(30-20(23)29)11-14-10-16(24(26)27)8-9-17(14)28-12-13-4-6-15(22)7-5-13/h4-11H,12H2,1-3H3/b18-11+. The molecule has 0 radical (unpaired) electrons. The van der Waals surface area contributed by atoms with E-state index in [-0.39, 0.29) is 24.0 Å². The molecule has 0 aromatic heterocycles. The lowest BCUT2D eigenvalue weighted by Crippen LogP contribution is -2.44. The summed E-state index contributed by atoms with van der Waals surface area (Å²) in [5.74, 6) is -0.241. The lowest BCUT2D eigenvalue weighted by atomic mass is 10.1. The van der Waals surface area contributed by atoms with E-state index in [4.69, 9.17) is 17.0 Å². The van der Waals surface area contributed by atoms with Crippen molar-refractivity contribution >= 4 is 46.0 Å². The van der Waals surface area contributed by atoms with E-state index in [0.717, 1.165) is 17.3 Å². The second-order valence-electron chi connectivity index (χ2n) is 7.58. The Labute approximate surface area is 182 Å². The third-order valence-electron chi connectivity index (χ3n) is 4.26. The molecule has 1 aliphatic heterocycles. The maximum atomic E-state index is 13.1. The van der Waals surface area contributed by atoms with Gasteiger partial charge in [0.2, 0.25) is 0 Å². The van der Waals surface area contributed by atoms with E-state index >= 15 is 0 Å². The largest absolute Gasteiger partial charge is 0.488 e. The van der Waals surface area contributed by atoms with Crippen LogP contribution in [-0.2, 0) is 11.4 Å². The molecule has 0 N–H and O–H groups in total. The fraction of sp³-hybridized carbons (Fsp3) is 0.238. The van der Waals surface area contributed by atoms with Gasteiger partial charge < -0.3 is 4.74 Å². The van der Waals surface area contributed by atoms with Crippen LogP contribution in [0.5, 0.6) is 5.75 Å². The van der Waals surface area contributed by atoms with Gasteiger partial charge in [-0.25, -0.2) is 4.39 Å². The predicted octanol–water partition coefficient (Wildman–Crippen LogP) is 5.31. The number of nitrogens with zero attached hydrogens (tertiary/aromatic N) is 2. The van der Waals surface area contributed by atoms with Gasteiger partial charge in [0, 0.05) is 23.2 Å². The Balaban J connectivity index is 1.94. The molecule has 2 aromatic rings. The number of amides is 1. The maximum absolute atomic E-state index is 13.1. The van der Waals surface area contributed by atoms with Crippen LogP contribution in [0.2, 0.25) is 0 Å². The van der Waals surface area contributed by atoms with Crippen LogP contribution in [-0.4, -0.2) is 25.6 Å². The van der Waals surface area contributed by atoms with Crippen LogP contribution in [0.15, 0.2) is 47.4 Å². The number of rotatable bonds is 5. The van der Waals surface area contributed by atoms with Crippen LogP contribution < -0.4 is 4.74 Å². The van der Waals surface area contributed by atoms with Crippen molar-refractivity contribution in [1.29, 1.82) is 0 Å². The zero-order valence-electron chi connectivity index (χ0n) is 16.5. The molecular formula is C21H19FN2O4S2. The van der Waals surface area contributed by atoms with Gasteiger partial charge in [0.25, 0.3) is 11.6 Å². The second kappa shape index (κ2) is 8.53. The van der Waals surface area contributed by atoms with E-state index in [1.165, 1.54) is 35.2 Å². The molecule has 0 spiro atoms. The number of halogens is 1. The van der Waals surface area contributed by atoms with Crippen LogP contribution in [0.4, 0.5) is 10.1 Å². The first-order chi connectivity index (χ1) is 14.1. The average Bonchev–Trinajstić information content (AvgIpc) is 2.95. The Kier molecular flexibility index (Phi) is 6.23. The number of non-ortho nitro benzene ring substituents is 1. The minimum absolute atomic E-state index is 0.123. The Morgan fingerprint density at radius 1 is 1.23 bits per heavy atom. The van der Waals surface area contributed by atoms with Crippen molar-refractivity contribution in [2.24, 2.45) is 0 Å². The van der Waals surface area contributed by atoms with E-state index in [0.29, 0.717) is 20.5 Å². The van der Waals surface area contributed by atoms with Gasteiger partial charge in [0.05, 0.1) is 9.83 Å². The van der Waals surface area contributed by atoms with E-state index in [1.54, 1.807) is 18.2 Å². The zero-order valence-corrected chi connectivity index (χ0v) is 18.2. The number of thiocarbonyl (C=S) groups is 1. The molecule has 0 unspecified atom stereocenters. The number of ether oxygens (including phenoxy) is 1. The van der Waals surface area contributed by atoms with Crippen LogP contribution in [0.1, 0.15) is 31.9 Å². The van der Waals surface area contributed by atoms with E-state index in [9.17, 15) is 19.3 Å². The summed E-state index contributed by atoms with van der Waals surface area (Å²) in [6.45, 7) is 5.78. The summed E-state index contributed by atoms with van der Waals surface area (Å²) in [5.41, 5.74) is 0.517. The highest BCUT2D eigenvalue weighted by atomic mass is 32.2. The van der Waals surface area contributed by atoms with E-state index in [1.807, 2.05) is 20.8 Å². The van der Waals surface area contributed by atoms with Gasteiger partial charge in [0.1, 0.15) is 22.5 Å². The molecule has 0 bridgehead atoms. The van der Waals surface area contributed by atoms with Crippen molar-refractivity contribution in [3.05, 3.63) is 74.4 Å². The summed E-state index contributed by atoms with van der Waals surface area (Å²) in [4.78, 5) is 25.4. The molecule has 3 rings (SSSR count). The fourth-order valence-electron chi connectivity index (χ4n) is 2.82. The van der Waals surface area contributed by atoms with Gasteiger partial charge >= 0.3 is 0 Å². The van der Waals surface area contributed by atoms with Crippen LogP contribution in [0, 0.1) is 15.9 Å². The highest BCUT2D eigenvalue weighted by Gasteiger charge is 2.39.